The van der Waals surface area contributed by atoms with Crippen LogP contribution in [-0.4, -0.2) is 5.78 Å². The highest BCUT2D eigenvalue weighted by Gasteiger charge is 2.38. The van der Waals surface area contributed by atoms with Gasteiger partial charge >= 0.3 is 0 Å². The van der Waals surface area contributed by atoms with Gasteiger partial charge in [0.05, 0.1) is 0 Å². The van der Waals surface area contributed by atoms with Gasteiger partial charge in [-0.2, -0.15) is 0 Å². The molecule has 1 nitrogen and oxygen atoms in total. The molecule has 0 saturated carbocycles. The van der Waals surface area contributed by atoms with Crippen molar-refractivity contribution in [2.24, 2.45) is 0 Å². The Morgan fingerprint density at radius 2 is 2.07 bits per heavy atom. The molecule has 1 aromatic rings. The summed E-state index contributed by atoms with van der Waals surface area (Å²) in [5.41, 5.74) is 4.11. The lowest BCUT2D eigenvalue weighted by atomic mass is 9.63. The molecular weight excluding hydrogens is 184 g/mol. The lowest BCUT2D eigenvalue weighted by molar-refractivity contribution is 0.0949. The molecule has 2 aliphatic carbocycles. The van der Waals surface area contributed by atoms with Gasteiger partial charge in [0.2, 0.25) is 0 Å². The predicted molar refractivity (Wildman–Crippen MR) is 60.3 cm³/mol. The van der Waals surface area contributed by atoms with Crippen LogP contribution in [0.2, 0.25) is 0 Å². The summed E-state index contributed by atoms with van der Waals surface area (Å²) < 4.78 is 0. The summed E-state index contributed by atoms with van der Waals surface area (Å²) in [4.78, 5) is 11.9. The van der Waals surface area contributed by atoms with Crippen molar-refractivity contribution in [3.63, 3.8) is 0 Å². The molecule has 1 atom stereocenters. The van der Waals surface area contributed by atoms with Crippen LogP contribution in [0.25, 0.3) is 0 Å². The van der Waals surface area contributed by atoms with Crippen LogP contribution < -0.4 is 0 Å². The summed E-state index contributed by atoms with van der Waals surface area (Å²) in [6.07, 6.45) is 5.49. The van der Waals surface area contributed by atoms with E-state index in [1.165, 1.54) is 24.0 Å². The van der Waals surface area contributed by atoms with E-state index in [1.807, 2.05) is 12.1 Å². The van der Waals surface area contributed by atoms with Crippen molar-refractivity contribution in [1.82, 2.24) is 0 Å². The van der Waals surface area contributed by atoms with Crippen LogP contribution in [0.4, 0.5) is 0 Å². The predicted octanol–water partition coefficient (Wildman–Crippen LogP) is 3.26. The largest absolute Gasteiger partial charge is 0.294 e. The van der Waals surface area contributed by atoms with E-state index in [0.29, 0.717) is 5.78 Å². The topological polar surface area (TPSA) is 17.1 Å². The second-order valence-electron chi connectivity index (χ2n) is 5.18. The maximum Gasteiger partial charge on any atom is 0.163 e. The van der Waals surface area contributed by atoms with Crippen LogP contribution in [0.3, 0.4) is 0 Å². The van der Waals surface area contributed by atoms with Gasteiger partial charge < -0.3 is 0 Å². The molecule has 0 aliphatic heterocycles. The Balaban J connectivity index is 2.30. The first-order chi connectivity index (χ1) is 7.21. The zero-order valence-electron chi connectivity index (χ0n) is 9.18. The minimum absolute atomic E-state index is 0.290. The molecule has 0 amide bonds. The first-order valence-electron chi connectivity index (χ1n) is 5.86. The van der Waals surface area contributed by atoms with Gasteiger partial charge in [-0.3, -0.25) is 4.79 Å². The Hall–Kier alpha value is -1.11. The van der Waals surface area contributed by atoms with Gasteiger partial charge in [0.1, 0.15) is 0 Å². The number of aryl methyl sites for hydroxylation is 1. The number of carbonyl (C=O) groups excluding carboxylic acids is 1. The average Bonchev–Trinajstić information content (AvgIpc) is 2.25. The number of Topliss-reactive ketones (excluding diaryl/α,β-unsaturated/α-hetero) is 1. The third-order valence-corrected chi connectivity index (χ3v) is 4.13. The summed E-state index contributed by atoms with van der Waals surface area (Å²) in [6, 6.07) is 6.27. The summed E-state index contributed by atoms with van der Waals surface area (Å²) in [5, 5.41) is 0. The molecular formula is C14H16O. The van der Waals surface area contributed by atoms with Gasteiger partial charge in [-0.05, 0) is 42.2 Å². The third-order valence-electron chi connectivity index (χ3n) is 4.13. The van der Waals surface area contributed by atoms with Crippen LogP contribution in [0, 0.1) is 0 Å². The zero-order valence-corrected chi connectivity index (χ0v) is 9.18. The lowest BCUT2D eigenvalue weighted by Gasteiger charge is -2.40. The van der Waals surface area contributed by atoms with Crippen LogP contribution in [0.5, 0.6) is 0 Å². The Bertz CT molecular complexity index is 433. The molecule has 0 N–H and O–H groups in total. The normalized spacial score (nSPS) is 28.7. The van der Waals surface area contributed by atoms with Gasteiger partial charge in [0.25, 0.3) is 0 Å². The smallest absolute Gasteiger partial charge is 0.163 e. The van der Waals surface area contributed by atoms with Crippen molar-refractivity contribution in [3.8, 4) is 0 Å². The fraction of sp³-hybridized carbons (Fsp3) is 0.500. The average molecular weight is 200 g/mol. The van der Waals surface area contributed by atoms with E-state index in [-0.39, 0.29) is 5.41 Å². The minimum atomic E-state index is 0.290. The van der Waals surface area contributed by atoms with E-state index >= 15 is 0 Å². The molecule has 78 valence electrons. The van der Waals surface area contributed by atoms with Crippen molar-refractivity contribution >= 4 is 5.78 Å². The maximum absolute atomic E-state index is 11.9. The van der Waals surface area contributed by atoms with Crippen molar-refractivity contribution in [2.45, 2.75) is 44.4 Å². The third kappa shape index (κ3) is 1.19. The summed E-state index contributed by atoms with van der Waals surface area (Å²) in [7, 11) is 0. The summed E-state index contributed by atoms with van der Waals surface area (Å²) in [5.74, 6) is 0.353. The molecule has 0 bridgehead atoms. The lowest BCUT2D eigenvalue weighted by Crippen LogP contribution is -2.34. The maximum atomic E-state index is 11.9. The van der Waals surface area contributed by atoms with E-state index in [4.69, 9.17) is 0 Å². The van der Waals surface area contributed by atoms with E-state index < -0.39 is 0 Å². The molecule has 0 radical (unpaired) electrons. The molecule has 0 heterocycles. The number of ketones is 1. The molecule has 15 heavy (non-hydrogen) atoms. The fourth-order valence-corrected chi connectivity index (χ4v) is 3.32. The van der Waals surface area contributed by atoms with Gasteiger partial charge in [-0.25, -0.2) is 0 Å². The van der Waals surface area contributed by atoms with Crippen molar-refractivity contribution < 1.29 is 4.79 Å². The highest BCUT2D eigenvalue weighted by molar-refractivity contribution is 5.99. The van der Waals surface area contributed by atoms with Crippen molar-refractivity contribution in [3.05, 3.63) is 34.9 Å². The first kappa shape index (κ1) is 9.14. The van der Waals surface area contributed by atoms with Crippen LogP contribution in [-0.2, 0) is 11.8 Å². The van der Waals surface area contributed by atoms with Gasteiger partial charge in [0.15, 0.2) is 5.78 Å². The minimum Gasteiger partial charge on any atom is -0.294 e. The second kappa shape index (κ2) is 2.94. The molecule has 1 heteroatoms. The van der Waals surface area contributed by atoms with E-state index in [9.17, 15) is 4.79 Å². The molecule has 0 aromatic heterocycles. The van der Waals surface area contributed by atoms with Gasteiger partial charge in [0, 0.05) is 12.0 Å². The quantitative estimate of drug-likeness (QED) is 0.628. The molecule has 2 aliphatic rings. The Labute approximate surface area is 90.5 Å². The Morgan fingerprint density at radius 3 is 2.93 bits per heavy atom. The molecule has 0 fully saturated rings. The molecule has 0 spiro atoms. The van der Waals surface area contributed by atoms with E-state index in [0.717, 1.165) is 24.8 Å². The molecule has 1 aromatic carbocycles. The number of rotatable bonds is 0. The highest BCUT2D eigenvalue weighted by atomic mass is 16.1. The van der Waals surface area contributed by atoms with Gasteiger partial charge in [-0.1, -0.05) is 25.1 Å². The Morgan fingerprint density at radius 1 is 1.20 bits per heavy atom. The molecule has 3 rings (SSSR count). The highest BCUT2D eigenvalue weighted by Crippen LogP contribution is 2.45. The Kier molecular flexibility index (Phi) is 1.79. The van der Waals surface area contributed by atoms with Crippen molar-refractivity contribution in [1.29, 1.82) is 0 Å². The fourth-order valence-electron chi connectivity index (χ4n) is 3.32. The number of carbonyl (C=O) groups is 1. The molecule has 0 saturated heterocycles. The SMILES string of the molecule is CC12CCCc3cccc(c31)C(=O)CC2. The van der Waals surface area contributed by atoms with Crippen molar-refractivity contribution in [2.75, 3.05) is 0 Å². The van der Waals surface area contributed by atoms with Crippen LogP contribution >= 0.6 is 0 Å². The monoisotopic (exact) mass is 200 g/mol. The van der Waals surface area contributed by atoms with Crippen LogP contribution in [0.15, 0.2) is 18.2 Å². The number of hydrogen-bond acceptors (Lipinski definition) is 1. The van der Waals surface area contributed by atoms with Gasteiger partial charge in [-0.15, -0.1) is 0 Å². The number of benzene rings is 1. The second-order valence-corrected chi connectivity index (χ2v) is 5.18. The van der Waals surface area contributed by atoms with Crippen LogP contribution in [0.1, 0.15) is 54.1 Å². The molecule has 1 unspecified atom stereocenters. The zero-order chi connectivity index (χ0) is 10.5. The summed E-state index contributed by atoms with van der Waals surface area (Å²) in [6.45, 7) is 2.33. The first-order valence-corrected chi connectivity index (χ1v) is 5.86. The van der Waals surface area contributed by atoms with E-state index in [1.54, 1.807) is 0 Å². The summed E-state index contributed by atoms with van der Waals surface area (Å²) >= 11 is 0. The van der Waals surface area contributed by atoms with E-state index in [2.05, 4.69) is 13.0 Å². The standard InChI is InChI=1S/C14H16O/c1-14-8-3-5-10-4-2-6-11(13(10)14)12(15)7-9-14/h2,4,6H,3,5,7-9H2,1H3. The number of hydrogen-bond donors (Lipinski definition) is 0.